The van der Waals surface area contributed by atoms with Crippen molar-refractivity contribution in [2.75, 3.05) is 6.61 Å². The molecular weight excluding hydrogens is 567 g/mol. The fraction of sp³-hybridized carbons (Fsp3) is 0.370. The van der Waals surface area contributed by atoms with Crippen LogP contribution < -0.4 is 9.47 Å². The van der Waals surface area contributed by atoms with Gasteiger partial charge in [0.05, 0.1) is 29.1 Å². The van der Waals surface area contributed by atoms with Gasteiger partial charge in [-0.05, 0) is 82.8 Å². The number of hydrazone groups is 1. The predicted molar refractivity (Wildman–Crippen MR) is 140 cm³/mol. The van der Waals surface area contributed by atoms with E-state index in [1.165, 1.54) is 6.21 Å². The molecule has 1 saturated heterocycles. The fourth-order valence-corrected chi connectivity index (χ4v) is 7.07. The Morgan fingerprint density at radius 3 is 2.39 bits per heavy atom. The molecule has 7 rings (SSSR count). The molecule has 2 aromatic carbocycles. The topological polar surface area (TPSA) is 68.2 Å². The molecule has 4 aliphatic carbocycles. The van der Waals surface area contributed by atoms with E-state index in [9.17, 15) is 9.59 Å². The van der Waals surface area contributed by atoms with Crippen LogP contribution in [0.15, 0.2) is 52.1 Å². The zero-order chi connectivity index (χ0) is 25.1. The molecule has 0 radical (unpaired) electrons. The van der Waals surface area contributed by atoms with Crippen LogP contribution >= 0.6 is 39.1 Å². The van der Waals surface area contributed by atoms with Gasteiger partial charge in [0.15, 0.2) is 11.5 Å². The zero-order valence-electron chi connectivity index (χ0n) is 19.4. The van der Waals surface area contributed by atoms with Crippen molar-refractivity contribution in [1.82, 2.24) is 5.01 Å². The Morgan fingerprint density at radius 2 is 1.75 bits per heavy atom. The van der Waals surface area contributed by atoms with Gasteiger partial charge in [0.25, 0.3) is 11.8 Å². The third-order valence-electron chi connectivity index (χ3n) is 7.68. The maximum Gasteiger partial charge on any atom is 0.254 e. The molecule has 1 aliphatic heterocycles. The first-order valence-corrected chi connectivity index (χ1v) is 13.6. The molecule has 2 bridgehead atoms. The fourth-order valence-electron chi connectivity index (χ4n) is 6.03. The summed E-state index contributed by atoms with van der Waals surface area (Å²) in [4.78, 5) is 26.3. The molecule has 2 aromatic rings. The Labute approximate surface area is 227 Å². The minimum absolute atomic E-state index is 0.172. The maximum absolute atomic E-state index is 13.2. The van der Waals surface area contributed by atoms with Crippen molar-refractivity contribution in [3.05, 3.63) is 68.1 Å². The van der Waals surface area contributed by atoms with Crippen molar-refractivity contribution in [3.63, 3.8) is 0 Å². The standard InChI is InChI=1S/C27H23BrCl2N2O4/c1-2-35-22-8-13(7-20(28)25(22)36-12-14-3-4-15(29)9-21(14)30)11-31-32-26(33)23-16-5-6-17(19-10-18(16)19)24(23)27(32)34/h3-9,11,16-19,23-24H,2,10,12H2,1H3/t16-,17-,18-,19-,23+,24+/m0/s1. The van der Waals surface area contributed by atoms with Crippen LogP contribution in [-0.2, 0) is 16.2 Å². The maximum atomic E-state index is 13.2. The van der Waals surface area contributed by atoms with Crippen molar-refractivity contribution in [2.45, 2.75) is 20.0 Å². The van der Waals surface area contributed by atoms with Crippen molar-refractivity contribution in [1.29, 1.82) is 0 Å². The number of allylic oxidation sites excluding steroid dienone is 2. The molecule has 5 aliphatic rings. The summed E-state index contributed by atoms with van der Waals surface area (Å²) < 4.78 is 12.5. The third-order valence-corrected chi connectivity index (χ3v) is 8.86. The molecular formula is C27H23BrCl2N2O4. The Bertz CT molecular complexity index is 1290. The Morgan fingerprint density at radius 1 is 1.06 bits per heavy atom. The number of hydrogen-bond donors (Lipinski definition) is 0. The number of nitrogens with zero attached hydrogens (tertiary/aromatic N) is 2. The van der Waals surface area contributed by atoms with Gasteiger partial charge in [-0.25, -0.2) is 0 Å². The Balaban J connectivity index is 1.22. The number of imide groups is 1. The molecule has 3 fully saturated rings. The van der Waals surface area contributed by atoms with Gasteiger partial charge >= 0.3 is 0 Å². The molecule has 2 amide bonds. The smallest absolute Gasteiger partial charge is 0.254 e. The molecule has 186 valence electrons. The first-order valence-electron chi connectivity index (χ1n) is 12.0. The molecule has 0 spiro atoms. The van der Waals surface area contributed by atoms with Gasteiger partial charge in [-0.3, -0.25) is 9.59 Å². The minimum atomic E-state index is -0.269. The van der Waals surface area contributed by atoms with E-state index >= 15 is 0 Å². The number of hydrogen-bond acceptors (Lipinski definition) is 5. The molecule has 6 atom stereocenters. The van der Waals surface area contributed by atoms with Gasteiger partial charge in [-0.15, -0.1) is 0 Å². The monoisotopic (exact) mass is 588 g/mol. The number of carbonyl (C=O) groups is 2. The lowest BCUT2D eigenvalue weighted by atomic mass is 9.63. The number of ether oxygens (including phenoxy) is 2. The third kappa shape index (κ3) is 3.96. The Kier molecular flexibility index (Phi) is 6.13. The van der Waals surface area contributed by atoms with E-state index in [-0.39, 0.29) is 42.1 Å². The predicted octanol–water partition coefficient (Wildman–Crippen LogP) is 6.12. The molecule has 36 heavy (non-hydrogen) atoms. The van der Waals surface area contributed by atoms with Gasteiger partial charge in [-0.1, -0.05) is 41.4 Å². The lowest BCUT2D eigenvalue weighted by molar-refractivity contribution is -0.140. The molecule has 1 heterocycles. The van der Waals surface area contributed by atoms with Gasteiger partial charge in [-0.2, -0.15) is 10.1 Å². The second-order valence-corrected chi connectivity index (χ2v) is 11.4. The number of amides is 2. The summed E-state index contributed by atoms with van der Waals surface area (Å²) in [7, 11) is 0. The van der Waals surface area contributed by atoms with Crippen LogP contribution in [-0.4, -0.2) is 29.6 Å². The van der Waals surface area contributed by atoms with Gasteiger partial charge < -0.3 is 9.47 Å². The largest absolute Gasteiger partial charge is 0.490 e. The first kappa shape index (κ1) is 24.0. The first-order chi connectivity index (χ1) is 17.4. The van der Waals surface area contributed by atoms with E-state index < -0.39 is 0 Å². The van der Waals surface area contributed by atoms with Gasteiger partial charge in [0, 0.05) is 15.6 Å². The van der Waals surface area contributed by atoms with E-state index in [0.29, 0.717) is 50.0 Å². The number of rotatable bonds is 7. The summed E-state index contributed by atoms with van der Waals surface area (Å²) in [6, 6.07) is 8.82. The van der Waals surface area contributed by atoms with Crippen LogP contribution in [0, 0.1) is 35.5 Å². The second kappa shape index (κ2) is 9.19. The molecule has 0 aromatic heterocycles. The van der Waals surface area contributed by atoms with Crippen LogP contribution in [0.2, 0.25) is 10.0 Å². The lowest BCUT2D eigenvalue weighted by Gasteiger charge is -2.37. The normalized spacial score (nSPS) is 29.6. The molecule has 0 unspecified atom stereocenters. The van der Waals surface area contributed by atoms with Crippen molar-refractivity contribution >= 4 is 57.2 Å². The number of carbonyl (C=O) groups excluding carboxylic acids is 2. The number of halogens is 3. The van der Waals surface area contributed by atoms with Crippen molar-refractivity contribution < 1.29 is 19.1 Å². The summed E-state index contributed by atoms with van der Waals surface area (Å²) in [6.07, 6.45) is 6.96. The zero-order valence-corrected chi connectivity index (χ0v) is 22.5. The van der Waals surface area contributed by atoms with E-state index in [1.54, 1.807) is 18.2 Å². The minimum Gasteiger partial charge on any atom is -0.490 e. The molecule has 2 saturated carbocycles. The van der Waals surface area contributed by atoms with Crippen molar-refractivity contribution in [3.8, 4) is 11.5 Å². The highest BCUT2D eigenvalue weighted by Gasteiger charge is 2.67. The van der Waals surface area contributed by atoms with Gasteiger partial charge in [0.2, 0.25) is 0 Å². The average Bonchev–Trinajstić information content (AvgIpc) is 3.63. The highest BCUT2D eigenvalue weighted by Crippen LogP contribution is 2.65. The summed E-state index contributed by atoms with van der Waals surface area (Å²) in [5, 5.41) is 6.48. The summed E-state index contributed by atoms with van der Waals surface area (Å²) in [5.41, 5.74) is 1.45. The SMILES string of the molecule is CCOc1cc(C=NN2C(=O)[C@@H]3[C@H]4C=C[C@@H]([C@@H]5C[C@@H]45)[C@H]3C2=O)cc(Br)c1OCc1ccc(Cl)cc1Cl. The van der Waals surface area contributed by atoms with Crippen LogP contribution in [0.4, 0.5) is 0 Å². The average molecular weight is 590 g/mol. The quantitative estimate of drug-likeness (QED) is 0.222. The van der Waals surface area contributed by atoms with Crippen LogP contribution in [0.3, 0.4) is 0 Å². The van der Waals surface area contributed by atoms with Crippen LogP contribution in [0.5, 0.6) is 11.5 Å². The molecule has 9 heteroatoms. The summed E-state index contributed by atoms with van der Waals surface area (Å²) in [6.45, 7) is 2.53. The van der Waals surface area contributed by atoms with Gasteiger partial charge in [0.1, 0.15) is 6.61 Å². The lowest BCUT2D eigenvalue weighted by Crippen LogP contribution is -2.40. The van der Waals surface area contributed by atoms with E-state index in [1.807, 2.05) is 19.1 Å². The number of benzene rings is 2. The van der Waals surface area contributed by atoms with E-state index in [0.717, 1.165) is 17.0 Å². The Hall–Kier alpha value is -2.35. The summed E-state index contributed by atoms with van der Waals surface area (Å²) in [5.74, 6) is 1.57. The highest BCUT2D eigenvalue weighted by molar-refractivity contribution is 9.10. The second-order valence-electron chi connectivity index (χ2n) is 9.67. The van der Waals surface area contributed by atoms with E-state index in [4.69, 9.17) is 32.7 Å². The van der Waals surface area contributed by atoms with Crippen molar-refractivity contribution in [2.24, 2.45) is 40.6 Å². The van der Waals surface area contributed by atoms with Crippen LogP contribution in [0.1, 0.15) is 24.5 Å². The highest BCUT2D eigenvalue weighted by atomic mass is 79.9. The molecule has 0 N–H and O–H groups in total. The summed E-state index contributed by atoms with van der Waals surface area (Å²) >= 11 is 15.8. The van der Waals surface area contributed by atoms with E-state index in [2.05, 4.69) is 33.2 Å². The molecule has 6 nitrogen and oxygen atoms in total. The van der Waals surface area contributed by atoms with Crippen LogP contribution in [0.25, 0.3) is 0 Å².